The maximum Gasteiger partial charge on any atom is 0.291 e. The number of aromatic nitrogens is 3. The van der Waals surface area contributed by atoms with Gasteiger partial charge in [0.1, 0.15) is 33.5 Å². The van der Waals surface area contributed by atoms with Gasteiger partial charge in [0.05, 0.1) is 11.4 Å². The number of benzene rings is 1. The van der Waals surface area contributed by atoms with E-state index in [0.29, 0.717) is 45.3 Å². The third-order valence-electron chi connectivity index (χ3n) is 7.10. The van der Waals surface area contributed by atoms with E-state index >= 15 is 0 Å². The number of amides is 2. The second-order valence-corrected chi connectivity index (χ2v) is 11.9. The molecule has 4 heterocycles. The predicted molar refractivity (Wildman–Crippen MR) is 166 cm³/mol. The molecule has 9 nitrogen and oxygen atoms in total. The first-order valence-corrected chi connectivity index (χ1v) is 15.0. The van der Waals surface area contributed by atoms with Gasteiger partial charge in [-0.05, 0) is 73.7 Å². The second kappa shape index (κ2) is 12.4. The van der Waals surface area contributed by atoms with Crippen LogP contribution < -0.4 is 15.8 Å². The molecular weight excluding hydrogens is 612 g/mol. The molecule has 0 aliphatic heterocycles. The molecule has 3 N–H and O–H groups in total. The summed E-state index contributed by atoms with van der Waals surface area (Å²) in [5.41, 5.74) is 8.53. The summed E-state index contributed by atoms with van der Waals surface area (Å²) in [5, 5.41) is 8.10. The zero-order valence-corrected chi connectivity index (χ0v) is 26.2. The molecule has 0 radical (unpaired) electrons. The molecule has 13 heteroatoms. The van der Waals surface area contributed by atoms with Crippen molar-refractivity contribution in [2.45, 2.75) is 60.1 Å². The first-order chi connectivity index (χ1) is 20.9. The van der Waals surface area contributed by atoms with E-state index in [4.69, 9.17) is 26.5 Å². The van der Waals surface area contributed by atoms with Crippen LogP contribution in [0.3, 0.4) is 0 Å². The summed E-state index contributed by atoms with van der Waals surface area (Å²) >= 11 is 7.13. The van der Waals surface area contributed by atoms with Gasteiger partial charge in [-0.1, -0.05) is 25.4 Å². The normalized spacial score (nSPS) is 11.6. The van der Waals surface area contributed by atoms with E-state index in [2.05, 4.69) is 15.4 Å². The van der Waals surface area contributed by atoms with Gasteiger partial charge in [-0.2, -0.15) is 5.10 Å². The Kier molecular flexibility index (Phi) is 8.76. The van der Waals surface area contributed by atoms with Crippen molar-refractivity contribution in [2.75, 3.05) is 5.32 Å². The number of ether oxygens (including phenoxy) is 1. The Hall–Kier alpha value is -4.29. The third kappa shape index (κ3) is 6.04. The van der Waals surface area contributed by atoms with Crippen LogP contribution in [0.25, 0.3) is 21.3 Å². The van der Waals surface area contributed by atoms with E-state index in [9.17, 15) is 18.4 Å². The third-order valence-corrected chi connectivity index (χ3v) is 8.60. The second-order valence-electron chi connectivity index (χ2n) is 10.5. The van der Waals surface area contributed by atoms with Crippen LogP contribution in [-0.4, -0.2) is 26.6 Å². The number of fused-ring (bicyclic) bond motifs is 1. The Labute approximate surface area is 261 Å². The van der Waals surface area contributed by atoms with Gasteiger partial charge in [-0.3, -0.25) is 14.3 Å². The molecular formula is C31H30ClF2N5O4S. The Morgan fingerprint density at radius 3 is 2.57 bits per heavy atom. The molecule has 230 valence electrons. The highest BCUT2D eigenvalue weighted by atomic mass is 35.5. The van der Waals surface area contributed by atoms with Gasteiger partial charge in [-0.15, -0.1) is 11.3 Å². The first-order valence-electron chi connectivity index (χ1n) is 13.8. The van der Waals surface area contributed by atoms with Crippen LogP contribution >= 0.6 is 22.9 Å². The molecule has 1 aromatic carbocycles. The molecule has 0 aliphatic rings. The summed E-state index contributed by atoms with van der Waals surface area (Å²) in [6, 6.07) is 8.07. The lowest BCUT2D eigenvalue weighted by molar-refractivity contribution is 0.0992. The number of alkyl halides is 2. The summed E-state index contributed by atoms with van der Waals surface area (Å²) in [4.78, 5) is 30.1. The van der Waals surface area contributed by atoms with Crippen LogP contribution in [0.2, 0.25) is 5.02 Å². The Balaban J connectivity index is 1.49. The number of nitrogens with zero attached hydrogens (tertiary/aromatic N) is 3. The van der Waals surface area contributed by atoms with Crippen molar-refractivity contribution in [3.05, 3.63) is 80.5 Å². The van der Waals surface area contributed by atoms with E-state index in [1.165, 1.54) is 12.1 Å². The highest BCUT2D eigenvalue weighted by Gasteiger charge is 2.27. The van der Waals surface area contributed by atoms with E-state index in [1.54, 1.807) is 23.9 Å². The molecule has 0 saturated heterocycles. The van der Waals surface area contributed by atoms with Crippen molar-refractivity contribution in [3.8, 4) is 16.9 Å². The zero-order valence-electron chi connectivity index (χ0n) is 24.6. The average Bonchev–Trinajstić information content (AvgIpc) is 3.70. The molecule has 5 rings (SSSR count). The monoisotopic (exact) mass is 641 g/mol. The molecule has 4 aromatic heterocycles. The number of carbonyl (C=O) groups is 2. The number of primary amides is 1. The van der Waals surface area contributed by atoms with Crippen molar-refractivity contribution < 1.29 is 27.5 Å². The fraction of sp³-hybridized carbons (Fsp3) is 0.290. The summed E-state index contributed by atoms with van der Waals surface area (Å²) in [5.74, 6) is -0.366. The van der Waals surface area contributed by atoms with Crippen molar-refractivity contribution >= 4 is 50.7 Å². The van der Waals surface area contributed by atoms with Crippen molar-refractivity contribution in [1.82, 2.24) is 14.8 Å². The molecule has 0 unspecified atom stereocenters. The highest BCUT2D eigenvalue weighted by molar-refractivity contribution is 7.21. The fourth-order valence-corrected chi connectivity index (χ4v) is 6.01. The molecule has 44 heavy (non-hydrogen) atoms. The summed E-state index contributed by atoms with van der Waals surface area (Å²) in [6.45, 7) is 10.2. The lowest BCUT2D eigenvalue weighted by atomic mass is 10.0. The maximum atomic E-state index is 13.9. The number of hydrogen-bond donors (Lipinski definition) is 2. The van der Waals surface area contributed by atoms with Crippen LogP contribution in [0.15, 0.2) is 40.9 Å². The number of nitrogens with two attached hydrogens (primary N) is 1. The number of rotatable bonds is 10. The molecule has 5 aromatic rings. The number of aryl methyl sites for hydroxylation is 3. The molecule has 0 aliphatic carbocycles. The molecule has 0 atom stereocenters. The molecule has 0 bridgehead atoms. The van der Waals surface area contributed by atoms with E-state index in [0.717, 1.165) is 22.5 Å². The Bertz CT molecular complexity index is 1900. The Morgan fingerprint density at radius 2 is 1.93 bits per heavy atom. The Morgan fingerprint density at radius 1 is 1.18 bits per heavy atom. The number of carbonyl (C=O) groups excluding carboxylic acids is 2. The van der Waals surface area contributed by atoms with Gasteiger partial charge in [0, 0.05) is 28.7 Å². The highest BCUT2D eigenvalue weighted by Crippen LogP contribution is 2.43. The number of anilines is 1. The van der Waals surface area contributed by atoms with Gasteiger partial charge >= 0.3 is 0 Å². The van der Waals surface area contributed by atoms with Crippen molar-refractivity contribution in [3.63, 3.8) is 0 Å². The number of furan rings is 1. The number of thiophene rings is 1. The lowest BCUT2D eigenvalue weighted by Gasteiger charge is -2.15. The van der Waals surface area contributed by atoms with Gasteiger partial charge < -0.3 is 20.2 Å². The van der Waals surface area contributed by atoms with Crippen LogP contribution in [0.4, 0.5) is 14.5 Å². The quantitative estimate of drug-likeness (QED) is 0.159. The number of nitrogens with one attached hydrogen (secondary N) is 1. The van der Waals surface area contributed by atoms with Crippen molar-refractivity contribution in [1.29, 1.82) is 0 Å². The summed E-state index contributed by atoms with van der Waals surface area (Å²) in [6.07, 6.45) is -1.15. The van der Waals surface area contributed by atoms with Gasteiger partial charge in [0.2, 0.25) is 0 Å². The molecule has 2 amide bonds. The number of halogens is 3. The standard InChI is InChI=1S/C31H30ClF2N5O4S/c1-6-39-12-20(16(5)38-39)19-11-22(28(33)34)36-31-25(19)26(27(44-31)29(35)40)37-30(41)23-8-7-17(43-23)13-42-24-9-15(4)21(32)10-18(24)14(2)3/h7-12,14,28H,6,13H2,1-5H3,(H2,35,40)(H,37,41). The van der Waals surface area contributed by atoms with Crippen molar-refractivity contribution in [2.24, 2.45) is 5.73 Å². The van der Waals surface area contributed by atoms with Crippen LogP contribution in [0, 0.1) is 13.8 Å². The summed E-state index contributed by atoms with van der Waals surface area (Å²) in [7, 11) is 0. The molecule has 0 spiro atoms. The van der Waals surface area contributed by atoms with Crippen LogP contribution in [-0.2, 0) is 13.2 Å². The maximum absolute atomic E-state index is 13.9. The SMILES string of the molecule is CCn1cc(-c2cc(C(F)F)nc3sc(C(N)=O)c(NC(=O)c4ccc(COc5cc(C)c(Cl)cc5C(C)C)o4)c23)c(C)n1. The van der Waals surface area contributed by atoms with Gasteiger partial charge in [0.15, 0.2) is 5.76 Å². The largest absolute Gasteiger partial charge is 0.485 e. The number of hydrogen-bond acceptors (Lipinski definition) is 7. The fourth-order valence-electron chi connectivity index (χ4n) is 4.83. The lowest BCUT2D eigenvalue weighted by Crippen LogP contribution is -2.16. The number of pyridine rings is 1. The minimum atomic E-state index is -2.87. The van der Waals surface area contributed by atoms with E-state index in [1.807, 2.05) is 39.8 Å². The first kappa shape index (κ1) is 31.1. The average molecular weight is 642 g/mol. The zero-order chi connectivity index (χ0) is 31.9. The minimum absolute atomic E-state index is 0.0384. The molecule has 0 saturated carbocycles. The topological polar surface area (TPSA) is 125 Å². The smallest absolute Gasteiger partial charge is 0.291 e. The summed E-state index contributed by atoms with van der Waals surface area (Å²) < 4.78 is 41.2. The predicted octanol–water partition coefficient (Wildman–Crippen LogP) is 8.03. The van der Waals surface area contributed by atoms with E-state index in [-0.39, 0.29) is 33.7 Å². The van der Waals surface area contributed by atoms with Crippen LogP contribution in [0.1, 0.15) is 81.6 Å². The van der Waals surface area contributed by atoms with Gasteiger partial charge in [0.25, 0.3) is 18.2 Å². The minimum Gasteiger partial charge on any atom is -0.485 e. The molecule has 0 fully saturated rings. The van der Waals surface area contributed by atoms with E-state index < -0.39 is 23.9 Å². The van der Waals surface area contributed by atoms with Gasteiger partial charge in [-0.25, -0.2) is 13.8 Å². The van der Waals surface area contributed by atoms with Crippen LogP contribution in [0.5, 0.6) is 5.75 Å².